The Morgan fingerprint density at radius 1 is 1.33 bits per heavy atom. The molecule has 2 rings (SSSR count). The van der Waals surface area contributed by atoms with Crippen LogP contribution in [0.1, 0.15) is 31.1 Å². The Morgan fingerprint density at radius 3 is 2.67 bits per heavy atom. The average Bonchev–Trinajstić information content (AvgIpc) is 2.38. The van der Waals surface area contributed by atoms with Gasteiger partial charge in [-0.15, -0.1) is 0 Å². The minimum atomic E-state index is 0.149. The molecule has 0 aliphatic carbocycles. The molecule has 0 bridgehead atoms. The zero-order chi connectivity index (χ0) is 13.1. The Hall–Kier alpha value is -1.35. The van der Waals surface area contributed by atoms with Crippen LogP contribution in [0.4, 0.5) is 5.69 Å². The van der Waals surface area contributed by atoms with Crippen LogP contribution >= 0.6 is 0 Å². The Bertz CT molecular complexity index is 430. The van der Waals surface area contributed by atoms with Gasteiger partial charge in [-0.2, -0.15) is 0 Å². The van der Waals surface area contributed by atoms with Gasteiger partial charge in [-0.3, -0.25) is 9.69 Å². The molecule has 1 aromatic carbocycles. The van der Waals surface area contributed by atoms with Crippen LogP contribution in [-0.4, -0.2) is 42.9 Å². The van der Waals surface area contributed by atoms with Crippen LogP contribution in [0, 0.1) is 0 Å². The van der Waals surface area contributed by atoms with Crippen LogP contribution in [0.3, 0.4) is 0 Å². The number of hydrogen-bond donors (Lipinski definition) is 0. The Kier molecular flexibility index (Phi) is 4.02. The average molecular weight is 246 g/mol. The summed E-state index contributed by atoms with van der Waals surface area (Å²) >= 11 is 0. The second-order valence-corrected chi connectivity index (χ2v) is 5.00. The summed E-state index contributed by atoms with van der Waals surface area (Å²) in [5.41, 5.74) is 1.93. The summed E-state index contributed by atoms with van der Waals surface area (Å²) in [4.78, 5) is 16.5. The molecular formula is C15H22N2O. The highest BCUT2D eigenvalue weighted by molar-refractivity contribution is 5.99. The molecule has 1 fully saturated rings. The van der Waals surface area contributed by atoms with Crippen LogP contribution in [0.5, 0.6) is 0 Å². The monoisotopic (exact) mass is 246 g/mol. The fraction of sp³-hybridized carbons (Fsp3) is 0.533. The van der Waals surface area contributed by atoms with E-state index in [2.05, 4.69) is 29.7 Å². The molecule has 0 amide bonds. The summed E-state index contributed by atoms with van der Waals surface area (Å²) in [5, 5.41) is 0. The summed E-state index contributed by atoms with van der Waals surface area (Å²) < 4.78 is 0. The smallest absolute Gasteiger partial charge is 0.161 e. The second-order valence-electron chi connectivity index (χ2n) is 5.00. The van der Waals surface area contributed by atoms with Gasteiger partial charge in [-0.1, -0.05) is 19.1 Å². The highest BCUT2D eigenvalue weighted by atomic mass is 16.1. The van der Waals surface area contributed by atoms with Crippen LogP contribution in [0.15, 0.2) is 24.3 Å². The van der Waals surface area contributed by atoms with Crippen molar-refractivity contribution in [3.63, 3.8) is 0 Å². The molecule has 1 atom stereocenters. The standard InChI is InChI=1S/C15H22N2O/c1-4-16-9-10-17(11-12(16)2)15-8-6-5-7-14(15)13(3)18/h5-8,12H,4,9-11H2,1-3H3. The number of nitrogens with zero attached hydrogens (tertiary/aromatic N) is 2. The van der Waals surface area contributed by atoms with Crippen LogP contribution in [-0.2, 0) is 0 Å². The molecule has 1 unspecified atom stereocenters. The molecule has 1 aliphatic rings. The van der Waals surface area contributed by atoms with Crippen LogP contribution in [0.25, 0.3) is 0 Å². The summed E-state index contributed by atoms with van der Waals surface area (Å²) in [6, 6.07) is 8.48. The first-order chi connectivity index (χ1) is 8.63. The number of piperazine rings is 1. The van der Waals surface area contributed by atoms with Crippen molar-refractivity contribution >= 4 is 11.5 Å². The first-order valence-corrected chi connectivity index (χ1v) is 6.72. The molecule has 3 nitrogen and oxygen atoms in total. The summed E-state index contributed by atoms with van der Waals surface area (Å²) in [6.45, 7) is 10.3. The molecule has 0 radical (unpaired) electrons. The lowest BCUT2D eigenvalue weighted by molar-refractivity contribution is 0.101. The van der Waals surface area contributed by atoms with Crippen molar-refractivity contribution in [1.29, 1.82) is 0 Å². The van der Waals surface area contributed by atoms with Crippen molar-refractivity contribution in [3.05, 3.63) is 29.8 Å². The van der Waals surface area contributed by atoms with Gasteiger partial charge >= 0.3 is 0 Å². The third kappa shape index (κ3) is 2.56. The number of hydrogen-bond acceptors (Lipinski definition) is 3. The van der Waals surface area contributed by atoms with Crippen molar-refractivity contribution in [2.75, 3.05) is 31.1 Å². The number of likely N-dealkylation sites (N-methyl/N-ethyl adjacent to an activating group) is 1. The molecule has 0 aromatic heterocycles. The lowest BCUT2D eigenvalue weighted by Crippen LogP contribution is -2.52. The Labute approximate surface area is 109 Å². The van der Waals surface area contributed by atoms with Gasteiger partial charge in [0.1, 0.15) is 0 Å². The first-order valence-electron chi connectivity index (χ1n) is 6.72. The minimum Gasteiger partial charge on any atom is -0.368 e. The molecular weight excluding hydrogens is 224 g/mol. The van der Waals surface area contributed by atoms with Crippen molar-refractivity contribution in [2.24, 2.45) is 0 Å². The second kappa shape index (κ2) is 5.53. The zero-order valence-electron chi connectivity index (χ0n) is 11.5. The SMILES string of the molecule is CCN1CCN(c2ccccc2C(C)=O)CC1C. The quantitative estimate of drug-likeness (QED) is 0.765. The molecule has 1 aliphatic heterocycles. The Morgan fingerprint density at radius 2 is 2.06 bits per heavy atom. The van der Waals surface area contributed by atoms with Gasteiger partial charge in [-0.05, 0) is 32.5 Å². The largest absolute Gasteiger partial charge is 0.368 e. The van der Waals surface area contributed by atoms with Crippen LogP contribution < -0.4 is 4.90 Å². The predicted molar refractivity (Wildman–Crippen MR) is 75.4 cm³/mol. The maximum atomic E-state index is 11.7. The fourth-order valence-corrected chi connectivity index (χ4v) is 2.73. The number of benzene rings is 1. The summed E-state index contributed by atoms with van der Waals surface area (Å²) in [7, 11) is 0. The lowest BCUT2D eigenvalue weighted by atomic mass is 10.1. The normalized spacial score (nSPS) is 21.1. The number of Topliss-reactive ketones (excluding diaryl/α,β-unsaturated/α-hetero) is 1. The number of rotatable bonds is 3. The molecule has 0 spiro atoms. The van der Waals surface area contributed by atoms with E-state index in [4.69, 9.17) is 0 Å². The molecule has 0 N–H and O–H groups in total. The van der Waals surface area contributed by atoms with E-state index in [9.17, 15) is 4.79 Å². The predicted octanol–water partition coefficient (Wildman–Crippen LogP) is 2.42. The molecule has 98 valence electrons. The zero-order valence-corrected chi connectivity index (χ0v) is 11.5. The lowest BCUT2D eigenvalue weighted by Gasteiger charge is -2.41. The van der Waals surface area contributed by atoms with Gasteiger partial charge in [0, 0.05) is 36.9 Å². The van der Waals surface area contributed by atoms with E-state index in [1.165, 1.54) is 0 Å². The molecule has 0 saturated carbocycles. The Balaban J connectivity index is 2.20. The first kappa shape index (κ1) is 13.1. The van der Waals surface area contributed by atoms with E-state index in [0.717, 1.165) is 37.4 Å². The van der Waals surface area contributed by atoms with Gasteiger partial charge in [0.25, 0.3) is 0 Å². The van der Waals surface area contributed by atoms with Gasteiger partial charge in [0.15, 0.2) is 5.78 Å². The number of ketones is 1. The van der Waals surface area contributed by atoms with Crippen molar-refractivity contribution in [2.45, 2.75) is 26.8 Å². The van der Waals surface area contributed by atoms with E-state index in [1.807, 2.05) is 18.2 Å². The van der Waals surface area contributed by atoms with Crippen LogP contribution in [0.2, 0.25) is 0 Å². The van der Waals surface area contributed by atoms with Crippen molar-refractivity contribution < 1.29 is 4.79 Å². The molecule has 1 heterocycles. The van der Waals surface area contributed by atoms with Gasteiger partial charge in [0.05, 0.1) is 0 Å². The van der Waals surface area contributed by atoms with Gasteiger partial charge < -0.3 is 4.90 Å². The molecule has 1 saturated heterocycles. The van der Waals surface area contributed by atoms with Gasteiger partial charge in [0.2, 0.25) is 0 Å². The molecule has 3 heteroatoms. The fourth-order valence-electron chi connectivity index (χ4n) is 2.73. The number of para-hydroxylation sites is 1. The maximum absolute atomic E-state index is 11.7. The molecule has 1 aromatic rings. The highest BCUT2D eigenvalue weighted by Gasteiger charge is 2.24. The number of anilines is 1. The molecule has 18 heavy (non-hydrogen) atoms. The number of carbonyl (C=O) groups excluding carboxylic acids is 1. The van der Waals surface area contributed by atoms with Crippen molar-refractivity contribution in [3.8, 4) is 0 Å². The minimum absolute atomic E-state index is 0.149. The van der Waals surface area contributed by atoms with Gasteiger partial charge in [-0.25, -0.2) is 0 Å². The third-order valence-corrected chi connectivity index (χ3v) is 3.80. The third-order valence-electron chi connectivity index (χ3n) is 3.80. The van der Waals surface area contributed by atoms with E-state index in [1.54, 1.807) is 6.92 Å². The maximum Gasteiger partial charge on any atom is 0.161 e. The van der Waals surface area contributed by atoms with E-state index in [0.29, 0.717) is 6.04 Å². The topological polar surface area (TPSA) is 23.6 Å². The number of carbonyl (C=O) groups is 1. The summed E-state index contributed by atoms with van der Waals surface area (Å²) in [6.07, 6.45) is 0. The summed E-state index contributed by atoms with van der Waals surface area (Å²) in [5.74, 6) is 0.149. The van der Waals surface area contributed by atoms with E-state index >= 15 is 0 Å². The van der Waals surface area contributed by atoms with E-state index in [-0.39, 0.29) is 5.78 Å². The van der Waals surface area contributed by atoms with E-state index < -0.39 is 0 Å². The van der Waals surface area contributed by atoms with Crippen molar-refractivity contribution in [1.82, 2.24) is 4.90 Å². The highest BCUT2D eigenvalue weighted by Crippen LogP contribution is 2.23.